The van der Waals surface area contributed by atoms with Crippen molar-refractivity contribution in [3.63, 3.8) is 0 Å². The minimum Gasteiger partial charge on any atom is -0.322 e. The summed E-state index contributed by atoms with van der Waals surface area (Å²) in [6.45, 7) is 11.6. The Morgan fingerprint density at radius 3 is 1.92 bits per heavy atom. The molecule has 2 N–H and O–H groups in total. The molecule has 0 saturated heterocycles. The maximum absolute atomic E-state index is 10.5. The van der Waals surface area contributed by atoms with E-state index in [1.807, 2.05) is 27.7 Å². The zero-order valence-electron chi connectivity index (χ0n) is 10.2. The summed E-state index contributed by atoms with van der Waals surface area (Å²) in [6, 6.07) is -0.218. The zero-order valence-corrected chi connectivity index (χ0v) is 10.2. The van der Waals surface area contributed by atoms with Gasteiger partial charge in [0.1, 0.15) is 5.78 Å². The Bertz CT molecular complexity index is 101. The van der Waals surface area contributed by atoms with Crippen LogP contribution in [0.5, 0.6) is 0 Å². The summed E-state index contributed by atoms with van der Waals surface area (Å²) in [5.41, 5.74) is 5.45. The molecule has 0 bridgehead atoms. The Hall–Kier alpha value is -0.370. The topological polar surface area (TPSA) is 43.1 Å². The van der Waals surface area contributed by atoms with Crippen LogP contribution in [0.1, 0.15) is 63.7 Å². The van der Waals surface area contributed by atoms with E-state index in [0.29, 0.717) is 0 Å². The second-order valence-electron chi connectivity index (χ2n) is 2.36. The second kappa shape index (κ2) is 17.6. The molecular formula is C11H31NO. The summed E-state index contributed by atoms with van der Waals surface area (Å²) in [5, 5.41) is 0. The van der Waals surface area contributed by atoms with Crippen molar-refractivity contribution in [2.24, 2.45) is 5.73 Å². The van der Waals surface area contributed by atoms with Crippen LogP contribution >= 0.6 is 0 Å². The third kappa shape index (κ3) is 18.5. The molecule has 13 heavy (non-hydrogen) atoms. The first-order chi connectivity index (χ1) is 6.18. The molecule has 0 radical (unpaired) electrons. The molecule has 2 nitrogen and oxygen atoms in total. The first kappa shape index (κ1) is 18.4. The smallest absolute Gasteiger partial charge is 0.146 e. The van der Waals surface area contributed by atoms with Gasteiger partial charge in [-0.2, -0.15) is 0 Å². The van der Waals surface area contributed by atoms with E-state index >= 15 is 0 Å². The molecular weight excluding hydrogens is 162 g/mol. The van der Waals surface area contributed by atoms with Crippen LogP contribution in [0.3, 0.4) is 0 Å². The number of carbonyl (C=O) groups excluding carboxylic acids is 1. The third-order valence-electron chi connectivity index (χ3n) is 1.39. The molecule has 0 spiro atoms. The lowest BCUT2D eigenvalue weighted by atomic mass is 10.1. The summed E-state index contributed by atoms with van der Waals surface area (Å²) >= 11 is 0. The maximum Gasteiger partial charge on any atom is 0.146 e. The standard InChI is InChI=1S/C7H15NO.2C2H6.2H2/c1-3-4-5-7(8)6(2)9;2*1-2;;/h7H,3-5,8H2,1-2H3;2*1-2H3;2*1H/t7-;;;;/m1..../s1. The highest BCUT2D eigenvalue weighted by molar-refractivity contribution is 5.80. The van der Waals surface area contributed by atoms with Gasteiger partial charge >= 0.3 is 0 Å². The molecule has 86 valence electrons. The van der Waals surface area contributed by atoms with Crippen molar-refractivity contribution in [1.29, 1.82) is 0 Å². The Balaban J connectivity index is -0.0000000496. The number of carbonyl (C=O) groups is 1. The van der Waals surface area contributed by atoms with Crippen molar-refractivity contribution in [1.82, 2.24) is 0 Å². The largest absolute Gasteiger partial charge is 0.322 e. The monoisotopic (exact) mass is 193 g/mol. The Kier molecular flexibility index (Phi) is 25.0. The normalized spacial score (nSPS) is 10.1. The molecule has 0 aliphatic rings. The van der Waals surface area contributed by atoms with Crippen LogP contribution in [0, 0.1) is 0 Å². The van der Waals surface area contributed by atoms with Gasteiger partial charge in [0, 0.05) is 2.85 Å². The number of Topliss-reactive ketones (excluding diaryl/α,β-unsaturated/α-hetero) is 1. The van der Waals surface area contributed by atoms with E-state index in [-0.39, 0.29) is 14.7 Å². The fourth-order valence-electron chi connectivity index (χ4n) is 0.627. The van der Waals surface area contributed by atoms with Crippen LogP contribution in [0.2, 0.25) is 0 Å². The summed E-state index contributed by atoms with van der Waals surface area (Å²) in [7, 11) is 0. The van der Waals surface area contributed by atoms with Gasteiger partial charge in [-0.3, -0.25) is 4.79 Å². The van der Waals surface area contributed by atoms with E-state index in [4.69, 9.17) is 5.73 Å². The highest BCUT2D eigenvalue weighted by Gasteiger charge is 2.05. The lowest BCUT2D eigenvalue weighted by Crippen LogP contribution is -2.27. The van der Waals surface area contributed by atoms with Gasteiger partial charge in [0.15, 0.2) is 0 Å². The van der Waals surface area contributed by atoms with Crippen LogP contribution in [-0.2, 0) is 4.79 Å². The molecule has 0 aromatic heterocycles. The molecule has 0 fully saturated rings. The number of hydrogen-bond acceptors (Lipinski definition) is 2. The van der Waals surface area contributed by atoms with Gasteiger partial charge in [-0.1, -0.05) is 47.5 Å². The molecule has 2 heteroatoms. The number of rotatable bonds is 4. The predicted molar refractivity (Wildman–Crippen MR) is 65.1 cm³/mol. The molecule has 0 amide bonds. The van der Waals surface area contributed by atoms with Crippen molar-refractivity contribution >= 4 is 5.78 Å². The molecule has 0 aromatic carbocycles. The van der Waals surface area contributed by atoms with Gasteiger partial charge < -0.3 is 5.73 Å². The first-order valence-electron chi connectivity index (χ1n) is 5.44. The number of hydrogen-bond donors (Lipinski definition) is 1. The fraction of sp³-hybridized carbons (Fsp3) is 0.909. The number of unbranched alkanes of at least 4 members (excludes halogenated alkanes) is 1. The Morgan fingerprint density at radius 2 is 1.69 bits per heavy atom. The second-order valence-corrected chi connectivity index (χ2v) is 2.36. The van der Waals surface area contributed by atoms with Crippen LogP contribution in [0.4, 0.5) is 0 Å². The van der Waals surface area contributed by atoms with Crippen molar-refractivity contribution in [2.45, 2.75) is 66.8 Å². The number of nitrogens with two attached hydrogens (primary N) is 1. The summed E-state index contributed by atoms with van der Waals surface area (Å²) in [4.78, 5) is 10.5. The van der Waals surface area contributed by atoms with E-state index in [2.05, 4.69) is 6.92 Å². The van der Waals surface area contributed by atoms with E-state index in [9.17, 15) is 4.79 Å². The average Bonchev–Trinajstić information content (AvgIpc) is 2.20. The van der Waals surface area contributed by atoms with Gasteiger partial charge in [0.25, 0.3) is 0 Å². The fourth-order valence-corrected chi connectivity index (χ4v) is 0.627. The van der Waals surface area contributed by atoms with E-state index in [0.717, 1.165) is 19.3 Å². The van der Waals surface area contributed by atoms with E-state index in [1.165, 1.54) is 0 Å². The molecule has 0 rings (SSSR count). The van der Waals surface area contributed by atoms with Gasteiger partial charge in [-0.15, -0.1) is 0 Å². The van der Waals surface area contributed by atoms with Crippen molar-refractivity contribution < 1.29 is 7.65 Å². The Labute approximate surface area is 86.9 Å². The third-order valence-corrected chi connectivity index (χ3v) is 1.39. The summed E-state index contributed by atoms with van der Waals surface area (Å²) in [6.07, 6.45) is 3.01. The zero-order chi connectivity index (χ0) is 11.3. The van der Waals surface area contributed by atoms with Crippen LogP contribution in [-0.4, -0.2) is 11.8 Å². The average molecular weight is 193 g/mol. The molecule has 0 saturated carbocycles. The quantitative estimate of drug-likeness (QED) is 0.740. The van der Waals surface area contributed by atoms with Crippen molar-refractivity contribution in [3.8, 4) is 0 Å². The van der Waals surface area contributed by atoms with Gasteiger partial charge in [0.2, 0.25) is 0 Å². The summed E-state index contributed by atoms with van der Waals surface area (Å²) < 4.78 is 0. The molecule has 0 aliphatic carbocycles. The molecule has 0 unspecified atom stereocenters. The van der Waals surface area contributed by atoms with Gasteiger partial charge in [0.05, 0.1) is 6.04 Å². The first-order valence-corrected chi connectivity index (χ1v) is 5.44. The minimum absolute atomic E-state index is 0. The van der Waals surface area contributed by atoms with Gasteiger partial charge in [-0.05, 0) is 13.3 Å². The van der Waals surface area contributed by atoms with Crippen molar-refractivity contribution in [2.75, 3.05) is 0 Å². The molecule has 0 heterocycles. The molecule has 1 atom stereocenters. The van der Waals surface area contributed by atoms with Crippen molar-refractivity contribution in [3.05, 3.63) is 0 Å². The highest BCUT2D eigenvalue weighted by Crippen LogP contribution is 1.97. The lowest BCUT2D eigenvalue weighted by Gasteiger charge is -2.04. The lowest BCUT2D eigenvalue weighted by molar-refractivity contribution is -0.118. The predicted octanol–water partition coefficient (Wildman–Crippen LogP) is 3.64. The maximum atomic E-state index is 10.5. The summed E-state index contributed by atoms with van der Waals surface area (Å²) in [5.74, 6) is 0.100. The van der Waals surface area contributed by atoms with E-state index < -0.39 is 0 Å². The Morgan fingerprint density at radius 1 is 1.31 bits per heavy atom. The van der Waals surface area contributed by atoms with Crippen LogP contribution in [0.25, 0.3) is 0 Å². The highest BCUT2D eigenvalue weighted by atomic mass is 16.1. The molecule has 0 aliphatic heterocycles. The van der Waals surface area contributed by atoms with Crippen LogP contribution in [0.15, 0.2) is 0 Å². The van der Waals surface area contributed by atoms with Gasteiger partial charge in [-0.25, -0.2) is 0 Å². The molecule has 0 aromatic rings. The van der Waals surface area contributed by atoms with E-state index in [1.54, 1.807) is 6.92 Å². The number of ketones is 1. The minimum atomic E-state index is -0.218. The SMILES string of the molecule is CC.CC.CCCC[C@@H](N)C(C)=O.[HH].[HH]. The van der Waals surface area contributed by atoms with Crippen LogP contribution < -0.4 is 5.73 Å².